The summed E-state index contributed by atoms with van der Waals surface area (Å²) in [5, 5.41) is 11.2. The zero-order chi connectivity index (χ0) is 47.0. The van der Waals surface area contributed by atoms with Gasteiger partial charge in [0.1, 0.15) is 17.2 Å². The summed E-state index contributed by atoms with van der Waals surface area (Å²) in [6.45, 7) is 0.927. The molecule has 10 rings (SSSR count). The molecule has 0 aliphatic heterocycles. The minimum absolute atomic E-state index is 0.116. The van der Waals surface area contributed by atoms with Crippen LogP contribution in [0.1, 0.15) is 91.7 Å². The van der Waals surface area contributed by atoms with Crippen LogP contribution in [0.4, 0.5) is 33.5 Å². The number of carboxylic acid groups (broad SMARTS) is 1. The Hall–Kier alpha value is -7.68. The number of benzene rings is 4. The highest BCUT2D eigenvalue weighted by atomic mass is 19.4. The van der Waals surface area contributed by atoms with Gasteiger partial charge in [-0.05, 0) is 150 Å². The lowest BCUT2D eigenvalue weighted by Crippen LogP contribution is -2.39. The fourth-order valence-corrected chi connectivity index (χ4v) is 8.31. The highest BCUT2D eigenvalue weighted by Gasteiger charge is 2.45. The molecule has 0 saturated heterocycles. The zero-order valence-electron chi connectivity index (χ0n) is 36.0. The minimum atomic E-state index is -5.23. The van der Waals surface area contributed by atoms with Gasteiger partial charge in [0, 0.05) is 60.7 Å². The molecule has 4 aromatic carbocycles. The molecule has 15 heteroatoms. The highest BCUT2D eigenvalue weighted by molar-refractivity contribution is 6.08. The van der Waals surface area contributed by atoms with E-state index in [0.717, 1.165) is 60.4 Å². The fourth-order valence-electron chi connectivity index (χ4n) is 8.31. The van der Waals surface area contributed by atoms with Crippen LogP contribution in [0.3, 0.4) is 0 Å². The first-order valence-electron chi connectivity index (χ1n) is 21.6. The largest absolute Gasteiger partial charge is 0.478 e. The summed E-state index contributed by atoms with van der Waals surface area (Å²) in [6.07, 6.45) is 6.17. The van der Waals surface area contributed by atoms with Gasteiger partial charge < -0.3 is 19.0 Å². The van der Waals surface area contributed by atoms with Crippen molar-refractivity contribution in [3.05, 3.63) is 190 Å². The van der Waals surface area contributed by atoms with Crippen LogP contribution in [-0.4, -0.2) is 55.3 Å². The fraction of sp³-hybridized carbons (Fsp3) is 0.212. The molecular weight excluding hydrogens is 870 g/mol. The molecule has 1 N–H and O–H groups in total. The third-order valence-corrected chi connectivity index (χ3v) is 12.0. The summed E-state index contributed by atoms with van der Waals surface area (Å²) in [4.78, 5) is 45.9. The topological polar surface area (TPSA) is 120 Å². The molecule has 0 unspecified atom stereocenters. The number of fused-ring (bicyclic) bond motifs is 2. The maximum Gasteiger partial charge on any atom is 0.472 e. The molecule has 67 heavy (non-hydrogen) atoms. The molecule has 2 saturated carbocycles. The molecule has 8 aromatic rings. The molecule has 0 spiro atoms. The number of hydrogen-bond donors (Lipinski definition) is 1. The summed E-state index contributed by atoms with van der Waals surface area (Å²) < 4.78 is 76.9. The second-order valence-corrected chi connectivity index (χ2v) is 16.8. The predicted octanol–water partition coefficient (Wildman–Crippen LogP) is 11.5. The smallest absolute Gasteiger partial charge is 0.472 e. The lowest BCUT2D eigenvalue weighted by molar-refractivity contribution is -0.169. The Labute approximate surface area is 380 Å². The van der Waals surface area contributed by atoms with Gasteiger partial charge in [-0.15, -0.1) is 0 Å². The van der Waals surface area contributed by atoms with E-state index < -0.39 is 29.8 Å². The molecular formula is C52H42F5N5O5. The number of pyridine rings is 2. The molecule has 0 radical (unpaired) electrons. The van der Waals surface area contributed by atoms with E-state index in [2.05, 4.69) is 20.6 Å². The number of hydrogen-bond acceptors (Lipinski definition) is 6. The van der Waals surface area contributed by atoms with Crippen LogP contribution >= 0.6 is 0 Å². The average molecular weight is 912 g/mol. The summed E-state index contributed by atoms with van der Waals surface area (Å²) in [5.74, 6) is -4.45. The number of aromatic carboxylic acids is 1. The van der Waals surface area contributed by atoms with Crippen LogP contribution < -0.4 is 4.90 Å². The number of methoxy groups -OCH3 is 1. The molecule has 10 nitrogen and oxygen atoms in total. The quantitative estimate of drug-likeness (QED) is 0.0957. The summed E-state index contributed by atoms with van der Waals surface area (Å²) in [7, 11) is 1.11. The second-order valence-electron chi connectivity index (χ2n) is 16.8. The Morgan fingerprint density at radius 2 is 1.24 bits per heavy atom. The van der Waals surface area contributed by atoms with Crippen LogP contribution in [0.25, 0.3) is 21.8 Å². The standard InChI is InChI=1S/C27H21F4N3O3.C25H21FN2O2/c1-37-25(35)22-13-19(17-5-6-17)14-32-24(22)34(26(36)27(29,30)31)21-7-8-23-18(12-21)9-10-33(23)15-16-3-2-4-20(28)11-16;26-21-3-1-2-17(11-21)15-28-9-8-19-10-16(4-7-24(19)28)12-23-22(25(29)30)13-20(14-27-23)18-5-6-18/h2-4,7-14,17H,5-6,15H2,1H3;1-4,7-11,13-14,18H,5-6,12,15H2,(H,29,30). The number of ether oxygens (including phenoxy) is 1. The van der Waals surface area contributed by atoms with Gasteiger partial charge in [-0.1, -0.05) is 30.3 Å². The number of alkyl halides is 3. The number of aromatic nitrogens is 4. The first kappa shape index (κ1) is 44.5. The van der Waals surface area contributed by atoms with Crippen molar-refractivity contribution in [2.45, 2.75) is 63.2 Å². The van der Waals surface area contributed by atoms with Gasteiger partial charge in [0.25, 0.3) is 0 Å². The van der Waals surface area contributed by atoms with Crippen LogP contribution in [0.15, 0.2) is 134 Å². The number of carbonyl (C=O) groups is 3. The molecule has 2 aliphatic carbocycles. The predicted molar refractivity (Wildman–Crippen MR) is 242 cm³/mol. The van der Waals surface area contributed by atoms with Gasteiger partial charge in [-0.3, -0.25) is 14.7 Å². The van der Waals surface area contributed by atoms with Crippen molar-refractivity contribution in [1.82, 2.24) is 19.1 Å². The van der Waals surface area contributed by atoms with E-state index in [1.165, 1.54) is 42.6 Å². The molecule has 340 valence electrons. The number of carbonyl (C=O) groups excluding carboxylic acids is 2. The van der Waals surface area contributed by atoms with Crippen molar-refractivity contribution in [3.63, 3.8) is 0 Å². The Morgan fingerprint density at radius 3 is 1.78 bits per heavy atom. The summed E-state index contributed by atoms with van der Waals surface area (Å²) in [5.41, 5.74) is 6.61. The summed E-state index contributed by atoms with van der Waals surface area (Å²) in [6, 6.07) is 30.1. The van der Waals surface area contributed by atoms with Crippen molar-refractivity contribution in [2.75, 3.05) is 12.0 Å². The number of nitrogens with zero attached hydrogens (tertiary/aromatic N) is 5. The monoisotopic (exact) mass is 911 g/mol. The Kier molecular flexibility index (Phi) is 12.2. The van der Waals surface area contributed by atoms with Gasteiger partial charge in [-0.2, -0.15) is 13.2 Å². The van der Waals surface area contributed by atoms with Crippen molar-refractivity contribution < 1.29 is 46.2 Å². The second kappa shape index (κ2) is 18.3. The van der Waals surface area contributed by atoms with Gasteiger partial charge in [0.15, 0.2) is 5.82 Å². The van der Waals surface area contributed by atoms with Crippen molar-refractivity contribution >= 4 is 51.2 Å². The van der Waals surface area contributed by atoms with E-state index in [1.807, 2.05) is 41.2 Å². The van der Waals surface area contributed by atoms with E-state index in [9.17, 15) is 41.4 Å². The molecule has 0 bridgehead atoms. The molecule has 1 amide bonds. The molecule has 4 aromatic heterocycles. The third-order valence-electron chi connectivity index (χ3n) is 12.0. The number of halogens is 5. The number of anilines is 2. The molecule has 2 aliphatic rings. The lowest BCUT2D eigenvalue weighted by Gasteiger charge is -2.25. The van der Waals surface area contributed by atoms with Crippen LogP contribution in [0, 0.1) is 11.6 Å². The van der Waals surface area contributed by atoms with Crippen LogP contribution in [-0.2, 0) is 29.0 Å². The average Bonchev–Trinajstić information content (AvgIpc) is 4.26. The maximum atomic E-state index is 13.7. The number of carboxylic acids is 1. The van der Waals surface area contributed by atoms with E-state index >= 15 is 0 Å². The SMILES string of the molecule is COC(=O)c1cc(C2CC2)cnc1N(C(=O)C(F)(F)F)c1ccc2c(ccn2Cc2cccc(F)c2)c1.O=C(O)c1cc(C2CC2)cnc1Cc1ccc2c(ccn2Cc2cccc(F)c2)c1. The van der Waals surface area contributed by atoms with Crippen molar-refractivity contribution in [1.29, 1.82) is 0 Å². The molecule has 2 fully saturated rings. The van der Waals surface area contributed by atoms with Crippen LogP contribution in [0.2, 0.25) is 0 Å². The summed E-state index contributed by atoms with van der Waals surface area (Å²) >= 11 is 0. The number of rotatable bonds is 12. The molecule has 0 atom stereocenters. The van der Waals surface area contributed by atoms with E-state index in [0.29, 0.717) is 63.6 Å². The van der Waals surface area contributed by atoms with Crippen molar-refractivity contribution in [2.24, 2.45) is 0 Å². The Balaban J connectivity index is 0.000000171. The van der Waals surface area contributed by atoms with E-state index in [4.69, 9.17) is 4.74 Å². The normalized spacial score (nSPS) is 13.6. The van der Waals surface area contributed by atoms with Gasteiger partial charge in [0.2, 0.25) is 0 Å². The maximum absolute atomic E-state index is 13.7. The lowest BCUT2D eigenvalue weighted by atomic mass is 10.0. The van der Waals surface area contributed by atoms with Gasteiger partial charge >= 0.3 is 24.0 Å². The van der Waals surface area contributed by atoms with Gasteiger partial charge in [-0.25, -0.2) is 23.4 Å². The van der Waals surface area contributed by atoms with E-state index in [-0.39, 0.29) is 28.8 Å². The third kappa shape index (κ3) is 9.95. The zero-order valence-corrected chi connectivity index (χ0v) is 36.0. The first-order chi connectivity index (χ1) is 32.2. The molecule has 4 heterocycles. The Morgan fingerprint density at radius 1 is 0.687 bits per heavy atom. The minimum Gasteiger partial charge on any atom is -0.478 e. The van der Waals surface area contributed by atoms with Crippen LogP contribution in [0.5, 0.6) is 0 Å². The Bertz CT molecular complexity index is 3190. The number of amides is 1. The highest BCUT2D eigenvalue weighted by Crippen LogP contribution is 2.43. The van der Waals surface area contributed by atoms with Crippen molar-refractivity contribution in [3.8, 4) is 0 Å². The first-order valence-corrected chi connectivity index (χ1v) is 21.6. The van der Waals surface area contributed by atoms with Gasteiger partial charge in [0.05, 0.1) is 24.1 Å². The number of esters is 1. The van der Waals surface area contributed by atoms with E-state index in [1.54, 1.807) is 48.7 Å².